The molecule has 0 bridgehead atoms. The van der Waals surface area contributed by atoms with E-state index in [2.05, 4.69) is 0 Å². The van der Waals surface area contributed by atoms with Crippen LogP contribution in [0.4, 0.5) is 0 Å². The van der Waals surface area contributed by atoms with Gasteiger partial charge in [-0.3, -0.25) is 9.59 Å². The largest absolute Gasteiger partial charge is 0.465 e. The van der Waals surface area contributed by atoms with Crippen LogP contribution >= 0.6 is 0 Å². The number of sulfone groups is 1. The number of amides is 1. The molecule has 0 radical (unpaired) electrons. The van der Waals surface area contributed by atoms with Gasteiger partial charge in [-0.05, 0) is 19.3 Å². The van der Waals surface area contributed by atoms with Gasteiger partial charge in [0.1, 0.15) is 6.54 Å². The van der Waals surface area contributed by atoms with Crippen molar-refractivity contribution in [2.75, 3.05) is 31.7 Å². The molecule has 0 aromatic carbocycles. The van der Waals surface area contributed by atoms with Crippen LogP contribution in [0.2, 0.25) is 0 Å². The first-order valence-electron chi connectivity index (χ1n) is 5.94. The van der Waals surface area contributed by atoms with Gasteiger partial charge in [-0.25, -0.2) is 8.42 Å². The number of carbonyl (C=O) groups excluding carboxylic acids is 2. The highest BCUT2D eigenvalue weighted by molar-refractivity contribution is 7.91. The lowest BCUT2D eigenvalue weighted by Crippen LogP contribution is -2.34. The summed E-state index contributed by atoms with van der Waals surface area (Å²) < 4.78 is 27.2. The summed E-state index contributed by atoms with van der Waals surface area (Å²) >= 11 is 0. The lowest BCUT2D eigenvalue weighted by molar-refractivity contribution is -0.148. The van der Waals surface area contributed by atoms with Gasteiger partial charge >= 0.3 is 5.97 Å². The summed E-state index contributed by atoms with van der Waals surface area (Å²) in [5, 5.41) is 0. The third kappa shape index (κ3) is 4.64. The first-order valence-corrected chi connectivity index (χ1v) is 7.76. The second kappa shape index (κ2) is 6.17. The standard InChI is InChI=1S/C11H19NO5S/c1-3-17-11(14)7-12(2)10(13)6-9-4-5-18(15,16)8-9/h9H,3-8H2,1-2H3. The SMILES string of the molecule is CCOC(=O)CN(C)C(=O)CC1CCS(=O)(=O)C1. The Balaban J connectivity index is 2.39. The number of likely N-dealkylation sites (N-methyl/N-ethyl adjacent to an activating group) is 1. The third-order valence-corrected chi connectivity index (χ3v) is 4.72. The number of ether oxygens (including phenoxy) is 1. The number of rotatable bonds is 5. The normalized spacial score (nSPS) is 21.6. The molecular weight excluding hydrogens is 258 g/mol. The van der Waals surface area contributed by atoms with Crippen molar-refractivity contribution in [2.45, 2.75) is 19.8 Å². The van der Waals surface area contributed by atoms with Crippen LogP contribution < -0.4 is 0 Å². The van der Waals surface area contributed by atoms with Gasteiger partial charge in [0.2, 0.25) is 5.91 Å². The molecule has 0 spiro atoms. The van der Waals surface area contributed by atoms with E-state index in [4.69, 9.17) is 4.74 Å². The van der Waals surface area contributed by atoms with Gasteiger partial charge in [0, 0.05) is 13.5 Å². The van der Waals surface area contributed by atoms with Gasteiger partial charge in [0.05, 0.1) is 18.1 Å². The fraction of sp³-hybridized carbons (Fsp3) is 0.818. The van der Waals surface area contributed by atoms with E-state index in [0.717, 1.165) is 0 Å². The molecule has 0 saturated carbocycles. The van der Waals surface area contributed by atoms with Crippen molar-refractivity contribution in [1.82, 2.24) is 4.90 Å². The molecule has 1 saturated heterocycles. The molecule has 1 rings (SSSR count). The fourth-order valence-electron chi connectivity index (χ4n) is 1.92. The Morgan fingerprint density at radius 3 is 2.56 bits per heavy atom. The molecule has 0 N–H and O–H groups in total. The Morgan fingerprint density at radius 2 is 2.06 bits per heavy atom. The van der Waals surface area contributed by atoms with Crippen LogP contribution in [-0.4, -0.2) is 56.9 Å². The van der Waals surface area contributed by atoms with Gasteiger partial charge in [-0.2, -0.15) is 0 Å². The molecule has 1 unspecified atom stereocenters. The second-order valence-corrected chi connectivity index (χ2v) is 6.76. The van der Waals surface area contributed by atoms with Crippen molar-refractivity contribution in [3.8, 4) is 0 Å². The zero-order chi connectivity index (χ0) is 13.8. The third-order valence-electron chi connectivity index (χ3n) is 2.89. The Morgan fingerprint density at radius 1 is 1.39 bits per heavy atom. The molecule has 1 aliphatic rings. The Bertz CT molecular complexity index is 417. The molecule has 18 heavy (non-hydrogen) atoms. The van der Waals surface area contributed by atoms with Gasteiger partial charge < -0.3 is 9.64 Å². The molecule has 104 valence electrons. The quantitative estimate of drug-likeness (QED) is 0.652. The minimum atomic E-state index is -2.96. The predicted octanol–water partition coefficient (Wildman–Crippen LogP) is -0.167. The van der Waals surface area contributed by atoms with Crippen molar-refractivity contribution >= 4 is 21.7 Å². The summed E-state index contributed by atoms with van der Waals surface area (Å²) in [6.07, 6.45) is 0.705. The van der Waals surface area contributed by atoms with Gasteiger partial charge in [-0.15, -0.1) is 0 Å². The summed E-state index contributed by atoms with van der Waals surface area (Å²) in [4.78, 5) is 24.2. The highest BCUT2D eigenvalue weighted by atomic mass is 32.2. The molecule has 0 aromatic heterocycles. The smallest absolute Gasteiger partial charge is 0.325 e. The van der Waals surface area contributed by atoms with E-state index in [9.17, 15) is 18.0 Å². The van der Waals surface area contributed by atoms with Gasteiger partial charge in [-0.1, -0.05) is 0 Å². The Labute approximate surface area is 107 Å². The number of hydrogen-bond donors (Lipinski definition) is 0. The summed E-state index contributed by atoms with van der Waals surface area (Å²) in [6.45, 7) is 1.89. The molecule has 0 aliphatic carbocycles. The lowest BCUT2D eigenvalue weighted by Gasteiger charge is -2.17. The number of hydrogen-bond acceptors (Lipinski definition) is 5. The molecule has 1 aliphatic heterocycles. The minimum Gasteiger partial charge on any atom is -0.465 e. The highest BCUT2D eigenvalue weighted by Crippen LogP contribution is 2.22. The topological polar surface area (TPSA) is 80.8 Å². The average molecular weight is 277 g/mol. The maximum absolute atomic E-state index is 11.8. The fourth-order valence-corrected chi connectivity index (χ4v) is 3.79. The van der Waals surface area contributed by atoms with Crippen molar-refractivity contribution in [3.63, 3.8) is 0 Å². The van der Waals surface area contributed by atoms with E-state index in [1.54, 1.807) is 6.92 Å². The lowest BCUT2D eigenvalue weighted by atomic mass is 10.0. The van der Waals surface area contributed by atoms with Gasteiger partial charge in [0.15, 0.2) is 9.84 Å². The molecule has 1 amide bonds. The highest BCUT2D eigenvalue weighted by Gasteiger charge is 2.30. The van der Waals surface area contributed by atoms with Crippen molar-refractivity contribution in [2.24, 2.45) is 5.92 Å². The van der Waals surface area contributed by atoms with E-state index in [-0.39, 0.29) is 42.9 Å². The first-order chi connectivity index (χ1) is 8.34. The van der Waals surface area contributed by atoms with Crippen LogP contribution in [-0.2, 0) is 24.2 Å². The second-order valence-electron chi connectivity index (χ2n) is 4.53. The maximum atomic E-state index is 11.8. The van der Waals surface area contributed by atoms with Gasteiger partial charge in [0.25, 0.3) is 0 Å². The maximum Gasteiger partial charge on any atom is 0.325 e. The zero-order valence-electron chi connectivity index (χ0n) is 10.7. The number of nitrogens with zero attached hydrogens (tertiary/aromatic N) is 1. The van der Waals surface area contributed by atoms with E-state index in [1.165, 1.54) is 11.9 Å². The molecule has 6 nitrogen and oxygen atoms in total. The average Bonchev–Trinajstić information content (AvgIpc) is 2.58. The molecule has 1 fully saturated rings. The van der Waals surface area contributed by atoms with Crippen LogP contribution in [0.5, 0.6) is 0 Å². The summed E-state index contributed by atoms with van der Waals surface area (Å²) in [5.41, 5.74) is 0. The van der Waals surface area contributed by atoms with Crippen LogP contribution in [0.3, 0.4) is 0 Å². The van der Waals surface area contributed by atoms with E-state index in [0.29, 0.717) is 6.42 Å². The molecule has 1 atom stereocenters. The molecule has 1 heterocycles. The zero-order valence-corrected chi connectivity index (χ0v) is 11.5. The van der Waals surface area contributed by atoms with Crippen LogP contribution in [0.25, 0.3) is 0 Å². The minimum absolute atomic E-state index is 0.0754. The van der Waals surface area contributed by atoms with Crippen molar-refractivity contribution in [3.05, 3.63) is 0 Å². The predicted molar refractivity (Wildman–Crippen MR) is 65.6 cm³/mol. The first kappa shape index (κ1) is 14.9. The van der Waals surface area contributed by atoms with Crippen molar-refractivity contribution < 1.29 is 22.7 Å². The molecule has 7 heteroatoms. The monoisotopic (exact) mass is 277 g/mol. The number of carbonyl (C=O) groups is 2. The van der Waals surface area contributed by atoms with Crippen LogP contribution in [0.15, 0.2) is 0 Å². The van der Waals surface area contributed by atoms with E-state index in [1.807, 2.05) is 0 Å². The van der Waals surface area contributed by atoms with E-state index < -0.39 is 15.8 Å². The Kier molecular flexibility index (Phi) is 5.13. The van der Waals surface area contributed by atoms with E-state index >= 15 is 0 Å². The number of esters is 1. The molecular formula is C11H19NO5S. The van der Waals surface area contributed by atoms with Crippen LogP contribution in [0.1, 0.15) is 19.8 Å². The Hall–Kier alpha value is -1.11. The summed E-state index contributed by atoms with van der Waals surface area (Å²) in [7, 11) is -1.44. The van der Waals surface area contributed by atoms with Crippen molar-refractivity contribution in [1.29, 1.82) is 0 Å². The molecule has 0 aromatic rings. The summed E-state index contributed by atoms with van der Waals surface area (Å²) in [5.74, 6) is -0.553. The summed E-state index contributed by atoms with van der Waals surface area (Å²) in [6, 6.07) is 0. The van der Waals surface area contributed by atoms with Crippen LogP contribution in [0, 0.1) is 5.92 Å².